The maximum atomic E-state index is 10.2. The Morgan fingerprint density at radius 2 is 2.10 bits per heavy atom. The van der Waals surface area contributed by atoms with Crippen LogP contribution in [0.5, 0.6) is 0 Å². The molecular formula is C12H14N4O3S. The van der Waals surface area contributed by atoms with Crippen LogP contribution >= 0.6 is 11.8 Å². The Morgan fingerprint density at radius 1 is 1.30 bits per heavy atom. The molecule has 0 spiro atoms. The quantitative estimate of drug-likeness (QED) is 0.774. The average Bonchev–Trinajstić information content (AvgIpc) is 3.00. The fraction of sp³-hybridized carbons (Fsp3) is 0.583. The van der Waals surface area contributed by atoms with Gasteiger partial charge in [-0.3, -0.25) is 4.57 Å². The molecule has 0 aliphatic carbocycles. The molecule has 2 N–H and O–H groups in total. The van der Waals surface area contributed by atoms with Gasteiger partial charge >= 0.3 is 0 Å². The van der Waals surface area contributed by atoms with E-state index in [0.717, 1.165) is 22.0 Å². The van der Waals surface area contributed by atoms with Gasteiger partial charge < -0.3 is 14.9 Å². The van der Waals surface area contributed by atoms with Gasteiger partial charge in [0.05, 0.1) is 23.7 Å². The lowest BCUT2D eigenvalue weighted by Gasteiger charge is -2.13. The van der Waals surface area contributed by atoms with Crippen molar-refractivity contribution in [1.29, 1.82) is 0 Å². The number of aromatic nitrogens is 4. The van der Waals surface area contributed by atoms with Crippen LogP contribution in [0.4, 0.5) is 0 Å². The SMILES string of the molecule is Cc1nc(C)c2nc3n(c2n1)[C@@H]1O[C@H](CO)C(O)[C@@H]1S3. The molecule has 0 radical (unpaired) electrons. The molecule has 1 saturated heterocycles. The monoisotopic (exact) mass is 294 g/mol. The van der Waals surface area contributed by atoms with Crippen LogP contribution in [0.25, 0.3) is 11.2 Å². The number of aryl methyl sites for hydroxylation is 2. The minimum absolute atomic E-state index is 0.144. The minimum Gasteiger partial charge on any atom is -0.394 e. The standard InChI is InChI=1S/C12H14N4O3S/c1-4-7-10(14-5(2)13-4)16-11-9(20-12(16)15-7)8(18)6(3-17)19-11/h6,8-9,11,17-18H,3H2,1-2H3/t6-,8?,9+,11-/m1/s1. The summed E-state index contributed by atoms with van der Waals surface area (Å²) in [4.78, 5) is 13.3. The number of imidazole rings is 1. The third kappa shape index (κ3) is 1.50. The predicted molar refractivity (Wildman–Crippen MR) is 71.4 cm³/mol. The second-order valence-electron chi connectivity index (χ2n) is 5.11. The van der Waals surface area contributed by atoms with Gasteiger partial charge in [-0.2, -0.15) is 0 Å². The molecule has 0 aromatic carbocycles. The fourth-order valence-electron chi connectivity index (χ4n) is 2.87. The van der Waals surface area contributed by atoms with Gasteiger partial charge in [0.25, 0.3) is 0 Å². The zero-order valence-corrected chi connectivity index (χ0v) is 11.8. The van der Waals surface area contributed by atoms with E-state index in [4.69, 9.17) is 4.74 Å². The molecule has 4 atom stereocenters. The molecule has 2 aliphatic rings. The van der Waals surface area contributed by atoms with Crippen LogP contribution in [-0.2, 0) is 4.74 Å². The summed E-state index contributed by atoms with van der Waals surface area (Å²) < 4.78 is 7.67. The summed E-state index contributed by atoms with van der Waals surface area (Å²) >= 11 is 1.47. The molecule has 2 aromatic rings. The molecule has 1 unspecified atom stereocenters. The van der Waals surface area contributed by atoms with Gasteiger partial charge in [0.15, 0.2) is 17.0 Å². The number of nitrogens with zero attached hydrogens (tertiary/aromatic N) is 4. The van der Waals surface area contributed by atoms with Crippen molar-refractivity contribution in [3.63, 3.8) is 0 Å². The maximum absolute atomic E-state index is 10.2. The third-order valence-electron chi connectivity index (χ3n) is 3.78. The van der Waals surface area contributed by atoms with E-state index in [0.29, 0.717) is 5.82 Å². The number of hydrogen-bond acceptors (Lipinski definition) is 7. The van der Waals surface area contributed by atoms with E-state index in [2.05, 4.69) is 15.0 Å². The van der Waals surface area contributed by atoms with E-state index < -0.39 is 12.2 Å². The zero-order valence-electron chi connectivity index (χ0n) is 11.0. The smallest absolute Gasteiger partial charge is 0.173 e. The van der Waals surface area contributed by atoms with Gasteiger partial charge in [-0.1, -0.05) is 11.8 Å². The highest BCUT2D eigenvalue weighted by molar-refractivity contribution is 8.00. The maximum Gasteiger partial charge on any atom is 0.173 e. The molecule has 0 bridgehead atoms. The van der Waals surface area contributed by atoms with Gasteiger partial charge in [-0.15, -0.1) is 0 Å². The summed E-state index contributed by atoms with van der Waals surface area (Å²) in [5, 5.41) is 20.0. The molecule has 2 aromatic heterocycles. The number of ether oxygens (including phenoxy) is 1. The number of thioether (sulfide) groups is 1. The lowest BCUT2D eigenvalue weighted by Crippen LogP contribution is -2.30. The van der Waals surface area contributed by atoms with Crippen LogP contribution in [0, 0.1) is 13.8 Å². The summed E-state index contributed by atoms with van der Waals surface area (Å²) in [6, 6.07) is 0. The molecule has 4 heterocycles. The van der Waals surface area contributed by atoms with Crippen molar-refractivity contribution in [3.8, 4) is 0 Å². The lowest BCUT2D eigenvalue weighted by molar-refractivity contribution is -0.0448. The van der Waals surface area contributed by atoms with Crippen LogP contribution in [0.2, 0.25) is 0 Å². The van der Waals surface area contributed by atoms with Gasteiger partial charge in [-0.25, -0.2) is 15.0 Å². The van der Waals surface area contributed by atoms with Crippen molar-refractivity contribution >= 4 is 22.9 Å². The second kappa shape index (κ2) is 4.14. The Kier molecular flexibility index (Phi) is 2.59. The molecule has 7 nitrogen and oxygen atoms in total. The Labute approximate surface area is 119 Å². The number of aliphatic hydroxyl groups excluding tert-OH is 2. The highest BCUT2D eigenvalue weighted by Gasteiger charge is 2.51. The van der Waals surface area contributed by atoms with Crippen LogP contribution < -0.4 is 0 Å². The molecule has 2 aliphatic heterocycles. The molecular weight excluding hydrogens is 280 g/mol. The largest absolute Gasteiger partial charge is 0.394 e. The molecule has 0 amide bonds. The predicted octanol–water partition coefficient (Wildman–Crippen LogP) is 0.168. The molecule has 20 heavy (non-hydrogen) atoms. The fourth-order valence-corrected chi connectivity index (χ4v) is 4.17. The average molecular weight is 294 g/mol. The first kappa shape index (κ1) is 12.5. The van der Waals surface area contributed by atoms with Crippen molar-refractivity contribution in [3.05, 3.63) is 11.5 Å². The molecule has 1 fully saturated rings. The van der Waals surface area contributed by atoms with E-state index >= 15 is 0 Å². The third-order valence-corrected chi connectivity index (χ3v) is 5.06. The molecule has 8 heteroatoms. The lowest BCUT2D eigenvalue weighted by atomic mass is 10.2. The van der Waals surface area contributed by atoms with Crippen molar-refractivity contribution < 1.29 is 14.9 Å². The summed E-state index contributed by atoms with van der Waals surface area (Å²) in [6.07, 6.45) is -1.58. The van der Waals surface area contributed by atoms with E-state index in [1.165, 1.54) is 11.8 Å². The van der Waals surface area contributed by atoms with Crippen LogP contribution in [-0.4, -0.2) is 53.8 Å². The van der Waals surface area contributed by atoms with Crippen molar-refractivity contribution in [2.45, 2.75) is 42.7 Å². The number of rotatable bonds is 1. The van der Waals surface area contributed by atoms with Crippen LogP contribution in [0.3, 0.4) is 0 Å². The van der Waals surface area contributed by atoms with Gasteiger partial charge in [0.1, 0.15) is 17.4 Å². The van der Waals surface area contributed by atoms with Crippen molar-refractivity contribution in [2.24, 2.45) is 0 Å². The summed E-state index contributed by atoms with van der Waals surface area (Å²) in [5.41, 5.74) is 2.33. The summed E-state index contributed by atoms with van der Waals surface area (Å²) in [5.74, 6) is 0.684. The van der Waals surface area contributed by atoms with E-state index in [1.54, 1.807) is 0 Å². The number of hydrogen-bond donors (Lipinski definition) is 2. The van der Waals surface area contributed by atoms with Gasteiger partial charge in [0, 0.05) is 0 Å². The normalized spacial score (nSPS) is 31.8. The van der Waals surface area contributed by atoms with Crippen LogP contribution in [0.1, 0.15) is 17.7 Å². The summed E-state index contributed by atoms with van der Waals surface area (Å²) in [6.45, 7) is 3.55. The molecule has 0 saturated carbocycles. The second-order valence-corrected chi connectivity index (χ2v) is 6.26. The Morgan fingerprint density at radius 3 is 2.85 bits per heavy atom. The van der Waals surface area contributed by atoms with Gasteiger partial charge in [-0.05, 0) is 13.8 Å². The Balaban J connectivity index is 1.88. The molecule has 4 rings (SSSR count). The minimum atomic E-state index is -0.698. The van der Waals surface area contributed by atoms with E-state index in [1.807, 2.05) is 18.4 Å². The Hall–Kier alpha value is -1.22. The zero-order chi connectivity index (χ0) is 14.0. The van der Waals surface area contributed by atoms with Crippen molar-refractivity contribution in [1.82, 2.24) is 19.5 Å². The first-order valence-corrected chi connectivity index (χ1v) is 7.32. The highest BCUT2D eigenvalue weighted by Crippen LogP contribution is 2.49. The van der Waals surface area contributed by atoms with Crippen LogP contribution in [0.15, 0.2) is 5.16 Å². The van der Waals surface area contributed by atoms with Crippen molar-refractivity contribution in [2.75, 3.05) is 6.61 Å². The Bertz CT molecular complexity index is 704. The van der Waals surface area contributed by atoms with E-state index in [-0.39, 0.29) is 18.1 Å². The van der Waals surface area contributed by atoms with Gasteiger partial charge in [0.2, 0.25) is 0 Å². The first-order valence-electron chi connectivity index (χ1n) is 6.44. The first-order chi connectivity index (χ1) is 9.60. The number of fused-ring (bicyclic) bond motifs is 5. The number of aliphatic hydroxyl groups is 2. The summed E-state index contributed by atoms with van der Waals surface area (Å²) in [7, 11) is 0. The molecule has 106 valence electrons. The topological polar surface area (TPSA) is 93.3 Å². The van der Waals surface area contributed by atoms with E-state index in [9.17, 15) is 10.2 Å². The highest BCUT2D eigenvalue weighted by atomic mass is 32.2.